The zero-order valence-corrected chi connectivity index (χ0v) is 9.56. The summed E-state index contributed by atoms with van der Waals surface area (Å²) in [6.45, 7) is 4.83. The van der Waals surface area contributed by atoms with E-state index in [-0.39, 0.29) is 6.10 Å². The highest BCUT2D eigenvalue weighted by Crippen LogP contribution is 2.41. The molecular formula is C13H17NO2. The Hall–Kier alpha value is -0.900. The van der Waals surface area contributed by atoms with Gasteiger partial charge in [0.15, 0.2) is 0 Å². The first-order valence-electron chi connectivity index (χ1n) is 5.96. The predicted octanol–water partition coefficient (Wildman–Crippen LogP) is 2.15. The average Bonchev–Trinajstić information content (AvgIpc) is 2.86. The van der Waals surface area contributed by atoms with Crippen LogP contribution in [0.2, 0.25) is 0 Å². The van der Waals surface area contributed by atoms with E-state index in [1.807, 2.05) is 6.07 Å². The maximum Gasteiger partial charge on any atom is 0.230 e. The normalized spacial score (nSPS) is 34.2. The molecule has 0 unspecified atom stereocenters. The van der Waals surface area contributed by atoms with E-state index in [0.29, 0.717) is 0 Å². The second-order valence-electron chi connectivity index (χ2n) is 4.38. The summed E-state index contributed by atoms with van der Waals surface area (Å²) >= 11 is 0. The summed E-state index contributed by atoms with van der Waals surface area (Å²) in [4.78, 5) is 2.31. The first kappa shape index (κ1) is 10.3. The minimum Gasteiger partial charge on any atom is -0.336 e. The van der Waals surface area contributed by atoms with Gasteiger partial charge in [0, 0.05) is 19.5 Å². The van der Waals surface area contributed by atoms with Crippen LogP contribution in [0, 0.1) is 0 Å². The molecule has 1 aromatic rings. The predicted molar refractivity (Wildman–Crippen MR) is 60.8 cm³/mol. The molecule has 2 heterocycles. The lowest BCUT2D eigenvalue weighted by Gasteiger charge is -2.27. The largest absolute Gasteiger partial charge is 0.336 e. The molecule has 3 rings (SSSR count). The van der Waals surface area contributed by atoms with Crippen LogP contribution in [0.4, 0.5) is 0 Å². The van der Waals surface area contributed by atoms with Crippen molar-refractivity contribution < 1.29 is 9.47 Å². The Balaban J connectivity index is 1.83. The van der Waals surface area contributed by atoms with Crippen LogP contribution in [0.5, 0.6) is 0 Å². The lowest BCUT2D eigenvalue weighted by atomic mass is 10.1. The Morgan fingerprint density at radius 2 is 2.19 bits per heavy atom. The smallest absolute Gasteiger partial charge is 0.230 e. The van der Waals surface area contributed by atoms with Gasteiger partial charge in [0.1, 0.15) is 6.10 Å². The Morgan fingerprint density at radius 3 is 2.88 bits per heavy atom. The third-order valence-corrected chi connectivity index (χ3v) is 3.50. The van der Waals surface area contributed by atoms with E-state index in [1.165, 1.54) is 5.56 Å². The average molecular weight is 219 g/mol. The topological polar surface area (TPSA) is 21.7 Å². The quantitative estimate of drug-likeness (QED) is 0.760. The Bertz CT molecular complexity index is 367. The zero-order chi connectivity index (χ0) is 11.0. The van der Waals surface area contributed by atoms with Gasteiger partial charge in [-0.2, -0.15) is 0 Å². The van der Waals surface area contributed by atoms with Crippen molar-refractivity contribution >= 4 is 0 Å². The van der Waals surface area contributed by atoms with Crippen LogP contribution in [0.15, 0.2) is 30.3 Å². The fraction of sp³-hybridized carbons (Fsp3) is 0.538. The van der Waals surface area contributed by atoms with Crippen LogP contribution in [0.3, 0.4) is 0 Å². The monoisotopic (exact) mass is 219 g/mol. The summed E-state index contributed by atoms with van der Waals surface area (Å²) in [6, 6.07) is 10.4. The van der Waals surface area contributed by atoms with E-state index in [9.17, 15) is 0 Å². The van der Waals surface area contributed by atoms with Crippen LogP contribution in [-0.2, 0) is 9.47 Å². The van der Waals surface area contributed by atoms with Gasteiger partial charge in [-0.3, -0.25) is 0 Å². The molecule has 3 nitrogen and oxygen atoms in total. The zero-order valence-electron chi connectivity index (χ0n) is 9.56. The molecule has 2 aliphatic rings. The van der Waals surface area contributed by atoms with Crippen LogP contribution in [-0.4, -0.2) is 30.5 Å². The lowest BCUT2D eigenvalue weighted by Crippen LogP contribution is -2.39. The molecule has 2 atom stereocenters. The summed E-state index contributed by atoms with van der Waals surface area (Å²) in [7, 11) is 0. The molecule has 0 radical (unpaired) electrons. The molecule has 2 aliphatic heterocycles. The molecule has 2 fully saturated rings. The summed E-state index contributed by atoms with van der Waals surface area (Å²) in [5, 5.41) is 0. The van der Waals surface area contributed by atoms with Crippen LogP contribution in [0.25, 0.3) is 0 Å². The summed E-state index contributed by atoms with van der Waals surface area (Å²) in [5.41, 5.74) is 1.24. The standard InChI is InChI=1S/C13H17NO2/c1-2-13-14(8-9-15-13)10-12(16-13)11-6-4-3-5-7-11/h3-7,12H,2,8-10H2,1H3/t12-,13-/m1/s1. The number of benzene rings is 1. The van der Waals surface area contributed by atoms with Crippen LogP contribution >= 0.6 is 0 Å². The van der Waals surface area contributed by atoms with Gasteiger partial charge in [0.2, 0.25) is 5.91 Å². The van der Waals surface area contributed by atoms with Crippen molar-refractivity contribution in [2.24, 2.45) is 0 Å². The molecule has 16 heavy (non-hydrogen) atoms. The minimum atomic E-state index is -0.444. The van der Waals surface area contributed by atoms with E-state index < -0.39 is 5.91 Å². The third kappa shape index (κ3) is 1.47. The Labute approximate surface area is 96.0 Å². The van der Waals surface area contributed by atoms with E-state index in [2.05, 4.69) is 36.1 Å². The summed E-state index contributed by atoms with van der Waals surface area (Å²) in [6.07, 6.45) is 1.04. The van der Waals surface area contributed by atoms with E-state index in [0.717, 1.165) is 26.1 Å². The summed E-state index contributed by atoms with van der Waals surface area (Å²) in [5.74, 6) is -0.444. The molecule has 0 aromatic heterocycles. The summed E-state index contributed by atoms with van der Waals surface area (Å²) < 4.78 is 11.9. The Morgan fingerprint density at radius 1 is 1.38 bits per heavy atom. The van der Waals surface area contributed by atoms with Crippen molar-refractivity contribution in [3.63, 3.8) is 0 Å². The first-order valence-corrected chi connectivity index (χ1v) is 5.96. The fourth-order valence-corrected chi connectivity index (χ4v) is 2.63. The molecule has 0 amide bonds. The molecule has 1 aromatic carbocycles. The minimum absolute atomic E-state index is 0.154. The molecule has 3 heteroatoms. The lowest BCUT2D eigenvalue weighted by molar-refractivity contribution is -0.247. The number of rotatable bonds is 2. The molecule has 2 saturated heterocycles. The fourth-order valence-electron chi connectivity index (χ4n) is 2.63. The van der Waals surface area contributed by atoms with E-state index in [1.54, 1.807) is 0 Å². The van der Waals surface area contributed by atoms with E-state index in [4.69, 9.17) is 9.47 Å². The SMILES string of the molecule is CC[C@]12OCCN1C[C@H](c1ccccc1)O2. The Kier molecular flexibility index (Phi) is 2.46. The van der Waals surface area contributed by atoms with Gasteiger partial charge in [0.05, 0.1) is 6.61 Å². The van der Waals surface area contributed by atoms with Gasteiger partial charge in [0.25, 0.3) is 0 Å². The van der Waals surface area contributed by atoms with Crippen molar-refractivity contribution in [2.45, 2.75) is 25.4 Å². The third-order valence-electron chi connectivity index (χ3n) is 3.50. The van der Waals surface area contributed by atoms with Gasteiger partial charge in [-0.1, -0.05) is 37.3 Å². The van der Waals surface area contributed by atoms with Crippen molar-refractivity contribution in [2.75, 3.05) is 19.7 Å². The number of hydrogen-bond acceptors (Lipinski definition) is 3. The van der Waals surface area contributed by atoms with Gasteiger partial charge in [-0.15, -0.1) is 0 Å². The highest BCUT2D eigenvalue weighted by molar-refractivity contribution is 5.19. The van der Waals surface area contributed by atoms with Crippen molar-refractivity contribution in [1.82, 2.24) is 4.90 Å². The van der Waals surface area contributed by atoms with Gasteiger partial charge >= 0.3 is 0 Å². The van der Waals surface area contributed by atoms with Crippen molar-refractivity contribution in [3.8, 4) is 0 Å². The second-order valence-corrected chi connectivity index (χ2v) is 4.38. The van der Waals surface area contributed by atoms with Gasteiger partial charge in [-0.25, -0.2) is 4.90 Å². The number of fused-ring (bicyclic) bond motifs is 1. The maximum absolute atomic E-state index is 6.11. The van der Waals surface area contributed by atoms with Crippen molar-refractivity contribution in [1.29, 1.82) is 0 Å². The molecule has 0 bridgehead atoms. The number of hydrogen-bond donors (Lipinski definition) is 0. The molecule has 0 spiro atoms. The van der Waals surface area contributed by atoms with Crippen LogP contribution < -0.4 is 0 Å². The second kappa shape index (κ2) is 3.84. The molecule has 0 aliphatic carbocycles. The number of nitrogens with zero attached hydrogens (tertiary/aromatic N) is 1. The molecular weight excluding hydrogens is 202 g/mol. The van der Waals surface area contributed by atoms with Crippen LogP contribution in [0.1, 0.15) is 25.0 Å². The van der Waals surface area contributed by atoms with Crippen molar-refractivity contribution in [3.05, 3.63) is 35.9 Å². The van der Waals surface area contributed by atoms with Gasteiger partial charge in [-0.05, 0) is 5.56 Å². The maximum atomic E-state index is 6.11. The highest BCUT2D eigenvalue weighted by atomic mass is 16.7. The van der Waals surface area contributed by atoms with Gasteiger partial charge < -0.3 is 9.47 Å². The molecule has 0 saturated carbocycles. The molecule has 0 N–H and O–H groups in total. The highest BCUT2D eigenvalue weighted by Gasteiger charge is 2.50. The number of ether oxygens (including phenoxy) is 2. The molecule has 86 valence electrons. The van der Waals surface area contributed by atoms with E-state index >= 15 is 0 Å². The first-order chi connectivity index (χ1) is 7.84.